The normalized spacial score (nSPS) is 12.7. The van der Waals surface area contributed by atoms with Crippen LogP contribution in [-0.4, -0.2) is 29.6 Å². The second-order valence-electron chi connectivity index (χ2n) is 3.94. The molecule has 5 nitrogen and oxygen atoms in total. The van der Waals surface area contributed by atoms with Crippen LogP contribution in [0.5, 0.6) is 0 Å². The first kappa shape index (κ1) is 16.3. The molecule has 0 radical (unpaired) electrons. The Morgan fingerprint density at radius 1 is 1.39 bits per heavy atom. The summed E-state index contributed by atoms with van der Waals surface area (Å²) >= 11 is 0. The zero-order valence-corrected chi connectivity index (χ0v) is 10.8. The lowest BCUT2D eigenvalue weighted by molar-refractivity contribution is -0.139. The van der Waals surface area contributed by atoms with Crippen molar-refractivity contribution < 1.29 is 19.4 Å². The maximum Gasteiger partial charge on any atom is 0.349 e. The van der Waals surface area contributed by atoms with Gasteiger partial charge >= 0.3 is 5.97 Å². The predicted molar refractivity (Wildman–Crippen MR) is 65.5 cm³/mol. The maximum absolute atomic E-state index is 11.4. The molecule has 1 unspecified atom stereocenters. The molecule has 0 heterocycles. The Morgan fingerprint density at radius 2 is 2.06 bits per heavy atom. The number of carbonyl (C=O) groups excluding carboxylic acids is 2. The number of aliphatic hydroxyl groups is 1. The summed E-state index contributed by atoms with van der Waals surface area (Å²) in [6.07, 6.45) is 3.44. The van der Waals surface area contributed by atoms with Crippen LogP contribution in [-0.2, 0) is 14.3 Å². The first-order valence-corrected chi connectivity index (χ1v) is 6.03. The zero-order chi connectivity index (χ0) is 14.0. The number of esters is 1. The largest absolute Gasteiger partial charge is 0.462 e. The monoisotopic (exact) mass is 253 g/mol. The molecule has 18 heavy (non-hydrogen) atoms. The van der Waals surface area contributed by atoms with E-state index >= 15 is 0 Å². The van der Waals surface area contributed by atoms with Gasteiger partial charge in [-0.25, -0.2) is 4.79 Å². The Hall–Kier alpha value is -1.67. The average molecular weight is 253 g/mol. The van der Waals surface area contributed by atoms with Gasteiger partial charge in [-0.05, 0) is 13.3 Å². The lowest BCUT2D eigenvalue weighted by atomic mass is 10.1. The lowest BCUT2D eigenvalue weighted by Crippen LogP contribution is -2.16. The minimum atomic E-state index is -1.23. The Morgan fingerprint density at radius 3 is 2.56 bits per heavy atom. The fourth-order valence-corrected chi connectivity index (χ4v) is 1.17. The van der Waals surface area contributed by atoms with Gasteiger partial charge in [0.1, 0.15) is 17.7 Å². The van der Waals surface area contributed by atoms with E-state index in [1.165, 1.54) is 6.92 Å². The number of hydrogen-bond acceptors (Lipinski definition) is 5. The van der Waals surface area contributed by atoms with Crippen LogP contribution in [0, 0.1) is 11.3 Å². The fourth-order valence-electron chi connectivity index (χ4n) is 1.17. The molecule has 0 aromatic rings. The smallest absolute Gasteiger partial charge is 0.349 e. The van der Waals surface area contributed by atoms with Crippen molar-refractivity contribution in [3.05, 3.63) is 11.6 Å². The van der Waals surface area contributed by atoms with Crippen molar-refractivity contribution in [1.29, 1.82) is 5.26 Å². The molecule has 1 atom stereocenters. The quantitative estimate of drug-likeness (QED) is 0.306. The minimum absolute atomic E-state index is 0.237. The molecule has 0 bridgehead atoms. The second kappa shape index (κ2) is 9.37. The summed E-state index contributed by atoms with van der Waals surface area (Å²) in [5, 5.41) is 17.7. The zero-order valence-electron chi connectivity index (χ0n) is 10.8. The van der Waals surface area contributed by atoms with Gasteiger partial charge < -0.3 is 9.84 Å². The predicted octanol–water partition coefficient (Wildman–Crippen LogP) is 1.51. The van der Waals surface area contributed by atoms with Crippen LogP contribution in [0.2, 0.25) is 0 Å². The summed E-state index contributed by atoms with van der Waals surface area (Å²) in [5.74, 6) is -1.50. The Labute approximate surface area is 107 Å². The van der Waals surface area contributed by atoms with Crippen molar-refractivity contribution in [2.24, 2.45) is 0 Å². The van der Waals surface area contributed by atoms with Crippen LogP contribution < -0.4 is 0 Å². The van der Waals surface area contributed by atoms with Gasteiger partial charge in [0, 0.05) is 6.08 Å². The van der Waals surface area contributed by atoms with E-state index in [1.807, 2.05) is 0 Å². The van der Waals surface area contributed by atoms with Crippen LogP contribution in [0.4, 0.5) is 0 Å². The highest BCUT2D eigenvalue weighted by Gasteiger charge is 2.14. The molecule has 0 saturated heterocycles. The molecule has 0 fully saturated rings. The van der Waals surface area contributed by atoms with Gasteiger partial charge in [-0.15, -0.1) is 0 Å². The lowest BCUT2D eigenvalue weighted by Gasteiger charge is -2.03. The Kier molecular flexibility index (Phi) is 8.50. The van der Waals surface area contributed by atoms with E-state index in [1.54, 1.807) is 6.07 Å². The average Bonchev–Trinajstić information content (AvgIpc) is 2.34. The number of rotatable bonds is 8. The number of carbonyl (C=O) groups is 2. The van der Waals surface area contributed by atoms with E-state index < -0.39 is 17.9 Å². The van der Waals surface area contributed by atoms with Crippen LogP contribution in [0.1, 0.15) is 39.5 Å². The van der Waals surface area contributed by atoms with Crippen molar-refractivity contribution in [2.45, 2.75) is 45.6 Å². The summed E-state index contributed by atoms with van der Waals surface area (Å²) < 4.78 is 4.86. The molecule has 0 amide bonds. The Balaban J connectivity index is 4.21. The number of nitrogens with zero attached hydrogens (tertiary/aromatic N) is 1. The number of ether oxygens (including phenoxy) is 1. The first-order valence-electron chi connectivity index (χ1n) is 6.03. The molecule has 100 valence electrons. The molecule has 0 saturated carbocycles. The summed E-state index contributed by atoms with van der Waals surface area (Å²) in [7, 11) is 0. The van der Waals surface area contributed by atoms with Gasteiger partial charge in [-0.2, -0.15) is 5.26 Å². The molecule has 0 aliphatic rings. The van der Waals surface area contributed by atoms with Crippen LogP contribution >= 0.6 is 0 Å². The van der Waals surface area contributed by atoms with Crippen molar-refractivity contribution in [3.63, 3.8) is 0 Å². The highest BCUT2D eigenvalue weighted by molar-refractivity contribution is 6.03. The second-order valence-corrected chi connectivity index (χ2v) is 3.94. The molecule has 0 aromatic carbocycles. The number of nitriles is 1. The molecule has 0 aromatic heterocycles. The van der Waals surface area contributed by atoms with Crippen molar-refractivity contribution >= 4 is 11.8 Å². The Bertz CT molecular complexity index is 352. The highest BCUT2D eigenvalue weighted by Crippen LogP contribution is 2.03. The third-order valence-electron chi connectivity index (χ3n) is 2.27. The molecular weight excluding hydrogens is 234 g/mol. The topological polar surface area (TPSA) is 87.4 Å². The minimum Gasteiger partial charge on any atom is -0.462 e. The van der Waals surface area contributed by atoms with Crippen LogP contribution in [0.3, 0.4) is 0 Å². The SMILES string of the molecule is CCCCCCOC(=O)C(C#N)=CC(=O)C(C)O. The summed E-state index contributed by atoms with van der Waals surface area (Å²) in [5.41, 5.74) is -0.378. The van der Waals surface area contributed by atoms with Gasteiger partial charge in [0.25, 0.3) is 0 Å². The van der Waals surface area contributed by atoms with Gasteiger partial charge in [0.2, 0.25) is 0 Å². The third kappa shape index (κ3) is 6.81. The number of unbranched alkanes of at least 4 members (excludes halogenated alkanes) is 3. The number of aliphatic hydroxyl groups excluding tert-OH is 1. The molecule has 5 heteroatoms. The maximum atomic E-state index is 11.4. The van der Waals surface area contributed by atoms with Gasteiger partial charge in [-0.1, -0.05) is 26.2 Å². The van der Waals surface area contributed by atoms with E-state index in [9.17, 15) is 9.59 Å². The molecule has 0 rings (SSSR count). The van der Waals surface area contributed by atoms with E-state index in [2.05, 4.69) is 6.92 Å². The van der Waals surface area contributed by atoms with E-state index in [4.69, 9.17) is 15.1 Å². The van der Waals surface area contributed by atoms with Gasteiger partial charge in [0.15, 0.2) is 5.78 Å². The molecule has 0 aliphatic carbocycles. The molecule has 0 aliphatic heterocycles. The number of ketones is 1. The summed E-state index contributed by atoms with van der Waals surface area (Å²) in [6, 6.07) is 1.59. The van der Waals surface area contributed by atoms with Gasteiger partial charge in [-0.3, -0.25) is 4.79 Å². The fraction of sp³-hybridized carbons (Fsp3) is 0.615. The van der Waals surface area contributed by atoms with Crippen LogP contribution in [0.25, 0.3) is 0 Å². The van der Waals surface area contributed by atoms with Crippen molar-refractivity contribution in [3.8, 4) is 6.07 Å². The van der Waals surface area contributed by atoms with E-state index in [0.717, 1.165) is 31.8 Å². The standard InChI is InChI=1S/C13H19NO4/c1-3-4-5-6-7-18-13(17)11(9-14)8-12(16)10(2)15/h8,10,15H,3-7H2,1-2H3. The van der Waals surface area contributed by atoms with E-state index in [0.29, 0.717) is 0 Å². The van der Waals surface area contributed by atoms with Crippen molar-refractivity contribution in [1.82, 2.24) is 0 Å². The first-order chi connectivity index (χ1) is 8.52. The van der Waals surface area contributed by atoms with Crippen molar-refractivity contribution in [2.75, 3.05) is 6.61 Å². The summed E-state index contributed by atoms with van der Waals surface area (Å²) in [4.78, 5) is 22.6. The molecule has 1 N–H and O–H groups in total. The van der Waals surface area contributed by atoms with Crippen LogP contribution in [0.15, 0.2) is 11.6 Å². The summed E-state index contributed by atoms with van der Waals surface area (Å²) in [6.45, 7) is 3.58. The number of hydrogen-bond donors (Lipinski definition) is 1. The third-order valence-corrected chi connectivity index (χ3v) is 2.27. The highest BCUT2D eigenvalue weighted by atomic mass is 16.5. The molecular formula is C13H19NO4. The molecule has 0 spiro atoms. The van der Waals surface area contributed by atoms with E-state index in [-0.39, 0.29) is 12.2 Å². The van der Waals surface area contributed by atoms with Gasteiger partial charge in [0.05, 0.1) is 6.61 Å².